The van der Waals surface area contributed by atoms with E-state index in [1.807, 2.05) is 0 Å². The first-order valence-corrected chi connectivity index (χ1v) is 13.6. The fourth-order valence-corrected chi connectivity index (χ4v) is 9.79. The van der Waals surface area contributed by atoms with Crippen LogP contribution in [0.2, 0.25) is 0 Å². The van der Waals surface area contributed by atoms with Crippen LogP contribution in [-0.4, -0.2) is 24.8 Å². The van der Waals surface area contributed by atoms with E-state index in [1.54, 1.807) is 6.92 Å². The van der Waals surface area contributed by atoms with E-state index in [9.17, 15) is 4.79 Å². The van der Waals surface area contributed by atoms with Crippen LogP contribution in [0.4, 0.5) is 0 Å². The first-order valence-electron chi connectivity index (χ1n) is 13.6. The van der Waals surface area contributed by atoms with Crippen LogP contribution in [-0.2, 0) is 19.0 Å². The third-order valence-corrected chi connectivity index (χ3v) is 11.2. The Morgan fingerprint density at radius 3 is 2.58 bits per heavy atom. The maximum absolute atomic E-state index is 11.5. The zero-order valence-electron chi connectivity index (χ0n) is 21.2. The van der Waals surface area contributed by atoms with Crippen molar-refractivity contribution in [1.29, 1.82) is 0 Å². The second-order valence-corrected chi connectivity index (χ2v) is 12.9. The maximum Gasteiger partial charge on any atom is 0.302 e. The van der Waals surface area contributed by atoms with Crippen LogP contribution in [0.3, 0.4) is 0 Å². The van der Waals surface area contributed by atoms with Crippen molar-refractivity contribution in [2.75, 3.05) is 6.61 Å². The van der Waals surface area contributed by atoms with Crippen molar-refractivity contribution in [2.45, 2.75) is 98.2 Å². The third-order valence-electron chi connectivity index (χ3n) is 11.2. The average Bonchev–Trinajstić information content (AvgIpc) is 3.41. The topological polar surface area (TPSA) is 44.8 Å². The van der Waals surface area contributed by atoms with Gasteiger partial charge in [-0.15, -0.1) is 0 Å². The van der Waals surface area contributed by atoms with Gasteiger partial charge in [0.1, 0.15) is 12.2 Å². The average molecular weight is 455 g/mol. The van der Waals surface area contributed by atoms with Gasteiger partial charge in [-0.25, -0.2) is 0 Å². The molecular weight excluding hydrogens is 412 g/mol. The molecule has 4 nitrogen and oxygen atoms in total. The minimum atomic E-state index is -0.112. The third kappa shape index (κ3) is 3.18. The summed E-state index contributed by atoms with van der Waals surface area (Å²) < 4.78 is 18.3. The summed E-state index contributed by atoms with van der Waals surface area (Å²) >= 11 is 0. The Morgan fingerprint density at radius 1 is 1.06 bits per heavy atom. The first-order chi connectivity index (χ1) is 15.7. The molecule has 0 radical (unpaired) electrons. The Kier molecular flexibility index (Phi) is 5.02. The smallest absolute Gasteiger partial charge is 0.302 e. The molecular formula is C29H42O4. The number of hydrogen-bond acceptors (Lipinski definition) is 4. The van der Waals surface area contributed by atoms with E-state index in [-0.39, 0.29) is 12.1 Å². The molecule has 4 saturated carbocycles. The lowest BCUT2D eigenvalue weighted by molar-refractivity contribution is -0.159. The van der Waals surface area contributed by atoms with Crippen LogP contribution in [0.1, 0.15) is 86.0 Å². The quantitative estimate of drug-likeness (QED) is 0.452. The first kappa shape index (κ1) is 22.0. The van der Waals surface area contributed by atoms with Crippen molar-refractivity contribution in [1.82, 2.24) is 0 Å². The van der Waals surface area contributed by atoms with Gasteiger partial charge in [0.25, 0.3) is 0 Å². The molecule has 182 valence electrons. The molecule has 0 aromatic carbocycles. The molecule has 0 saturated heterocycles. The van der Waals surface area contributed by atoms with E-state index in [0.29, 0.717) is 34.7 Å². The van der Waals surface area contributed by atoms with Crippen molar-refractivity contribution < 1.29 is 19.0 Å². The molecule has 0 unspecified atom stereocenters. The van der Waals surface area contributed by atoms with Crippen LogP contribution in [0.15, 0.2) is 23.2 Å². The summed E-state index contributed by atoms with van der Waals surface area (Å²) in [4.78, 5) is 11.5. The van der Waals surface area contributed by atoms with E-state index in [1.165, 1.54) is 44.1 Å². The fourth-order valence-electron chi connectivity index (χ4n) is 9.79. The van der Waals surface area contributed by atoms with Gasteiger partial charge < -0.3 is 14.2 Å². The summed E-state index contributed by atoms with van der Waals surface area (Å²) in [5.41, 5.74) is 2.21. The molecule has 4 fully saturated rings. The Morgan fingerprint density at radius 2 is 1.85 bits per heavy atom. The van der Waals surface area contributed by atoms with Gasteiger partial charge in [0.15, 0.2) is 11.5 Å². The lowest BCUT2D eigenvalue weighted by Gasteiger charge is -2.61. The van der Waals surface area contributed by atoms with Crippen LogP contribution in [0, 0.1) is 46.3 Å². The van der Waals surface area contributed by atoms with Crippen molar-refractivity contribution in [3.8, 4) is 0 Å². The van der Waals surface area contributed by atoms with Crippen LogP contribution in [0.25, 0.3) is 0 Å². The van der Waals surface area contributed by atoms with Gasteiger partial charge in [0, 0.05) is 18.8 Å². The summed E-state index contributed by atoms with van der Waals surface area (Å²) in [5, 5.41) is 0. The molecule has 0 aromatic rings. The minimum Gasteiger partial charge on any atom is -0.489 e. The molecule has 0 bridgehead atoms. The second kappa shape index (κ2) is 7.52. The highest BCUT2D eigenvalue weighted by atomic mass is 16.5. The van der Waals surface area contributed by atoms with E-state index in [0.717, 1.165) is 48.7 Å². The molecule has 4 heteroatoms. The Labute approximate surface area is 199 Å². The van der Waals surface area contributed by atoms with E-state index >= 15 is 0 Å². The summed E-state index contributed by atoms with van der Waals surface area (Å²) in [6, 6.07) is 0. The highest BCUT2D eigenvalue weighted by molar-refractivity contribution is 5.66. The van der Waals surface area contributed by atoms with Gasteiger partial charge in [-0.3, -0.25) is 4.79 Å². The molecule has 4 aliphatic carbocycles. The Hall–Kier alpha value is -1.45. The van der Waals surface area contributed by atoms with Crippen molar-refractivity contribution in [2.24, 2.45) is 46.3 Å². The fraction of sp³-hybridized carbons (Fsp3) is 0.828. The molecule has 33 heavy (non-hydrogen) atoms. The van der Waals surface area contributed by atoms with Crippen molar-refractivity contribution in [3.05, 3.63) is 23.2 Å². The number of carbonyl (C=O) groups excluding carboxylic acids is 1. The molecule has 2 aliphatic heterocycles. The normalized spacial score (nSPS) is 50.4. The largest absolute Gasteiger partial charge is 0.489 e. The van der Waals surface area contributed by atoms with Gasteiger partial charge in [0.2, 0.25) is 0 Å². The van der Waals surface area contributed by atoms with Crippen LogP contribution >= 0.6 is 0 Å². The molecule has 6 rings (SSSR count). The number of carbonyl (C=O) groups is 1. The predicted octanol–water partition coefficient (Wildman–Crippen LogP) is 6.41. The Balaban J connectivity index is 1.23. The standard InChI is InChI=1S/C29H42O4/c1-16-12-25(31-15-16)27-17(2)26-24(33-27)14-23-21-7-6-19-13-20(32-18(3)30)8-10-28(19,4)22(21)9-11-29(23,26)5/h12,16,19-24,26H,6-11,13-15H2,1-5H3/t16-,19+,20+,21-,22+,23+,24+,26+,28+,29+/m1/s1. The van der Waals surface area contributed by atoms with Gasteiger partial charge in [-0.05, 0) is 104 Å². The molecule has 0 N–H and O–H groups in total. The molecule has 6 aliphatic rings. The second-order valence-electron chi connectivity index (χ2n) is 12.9. The van der Waals surface area contributed by atoms with E-state index in [2.05, 4.69) is 33.8 Å². The van der Waals surface area contributed by atoms with Crippen LogP contribution in [0.5, 0.6) is 0 Å². The lowest BCUT2D eigenvalue weighted by Crippen LogP contribution is -2.54. The molecule has 10 atom stereocenters. The van der Waals surface area contributed by atoms with Crippen molar-refractivity contribution in [3.63, 3.8) is 0 Å². The number of fused-ring (bicyclic) bond motifs is 7. The summed E-state index contributed by atoms with van der Waals surface area (Å²) in [5.74, 6) is 6.10. The molecule has 2 heterocycles. The van der Waals surface area contributed by atoms with Gasteiger partial charge in [-0.2, -0.15) is 0 Å². The van der Waals surface area contributed by atoms with Gasteiger partial charge in [0.05, 0.1) is 6.61 Å². The predicted molar refractivity (Wildman–Crippen MR) is 127 cm³/mol. The van der Waals surface area contributed by atoms with Crippen LogP contribution < -0.4 is 0 Å². The summed E-state index contributed by atoms with van der Waals surface area (Å²) in [6.45, 7) is 12.1. The van der Waals surface area contributed by atoms with E-state index in [4.69, 9.17) is 14.2 Å². The number of ether oxygens (including phenoxy) is 3. The van der Waals surface area contributed by atoms with Gasteiger partial charge in [-0.1, -0.05) is 20.8 Å². The summed E-state index contributed by atoms with van der Waals surface area (Å²) in [7, 11) is 0. The van der Waals surface area contributed by atoms with E-state index < -0.39 is 0 Å². The molecule has 0 spiro atoms. The van der Waals surface area contributed by atoms with Gasteiger partial charge >= 0.3 is 5.97 Å². The number of esters is 1. The monoisotopic (exact) mass is 454 g/mol. The molecule has 0 amide bonds. The maximum atomic E-state index is 11.5. The lowest BCUT2D eigenvalue weighted by atomic mass is 9.44. The Bertz CT molecular complexity index is 903. The summed E-state index contributed by atoms with van der Waals surface area (Å²) in [6.07, 6.45) is 12.6. The number of rotatable bonds is 2. The molecule has 0 aromatic heterocycles. The zero-order valence-corrected chi connectivity index (χ0v) is 21.2. The number of hydrogen-bond donors (Lipinski definition) is 0. The SMILES string of the molecule is CC(=O)O[C@H]1CC[C@@]2(C)[C@@H](CC[C@@H]3[C@@H]2CC[C@@]2(C)[C@H]3C[C@@H]3OC(C4=C[C@@H](C)CO4)=C(C)[C@@H]32)C1. The minimum absolute atomic E-state index is 0.112. The van der Waals surface area contributed by atoms with Crippen molar-refractivity contribution >= 4 is 5.97 Å². The zero-order chi connectivity index (χ0) is 23.1. The highest BCUT2D eigenvalue weighted by Crippen LogP contribution is 2.70. The highest BCUT2D eigenvalue weighted by Gasteiger charge is 2.64.